The summed E-state index contributed by atoms with van der Waals surface area (Å²) in [6, 6.07) is 7.66. The Morgan fingerprint density at radius 2 is 1.90 bits per heavy atom. The number of carboxylic acids is 1. The maximum absolute atomic E-state index is 12.5. The molecule has 0 aliphatic heterocycles. The topological polar surface area (TPSA) is 55.1 Å². The summed E-state index contributed by atoms with van der Waals surface area (Å²) in [6.07, 6.45) is -2.61. The fourth-order valence-corrected chi connectivity index (χ4v) is 2.33. The third-order valence-electron chi connectivity index (χ3n) is 3.57. The normalized spacial score (nSPS) is 21.3. The van der Waals surface area contributed by atoms with Crippen molar-refractivity contribution >= 4 is 5.97 Å². The Labute approximate surface area is 117 Å². The van der Waals surface area contributed by atoms with Gasteiger partial charge in [-0.15, -0.1) is 0 Å². The third-order valence-corrected chi connectivity index (χ3v) is 3.57. The van der Waals surface area contributed by atoms with Gasteiger partial charge in [-0.3, -0.25) is 4.79 Å². The van der Waals surface area contributed by atoms with Crippen LogP contribution >= 0.6 is 0 Å². The number of carboxylic acid groups (broad SMARTS) is 1. The minimum absolute atomic E-state index is 0.0000856. The zero-order valence-electron chi connectivity index (χ0n) is 10.7. The Morgan fingerprint density at radius 3 is 2.38 bits per heavy atom. The van der Waals surface area contributed by atoms with Crippen molar-refractivity contribution in [3.8, 4) is 5.69 Å². The lowest BCUT2D eigenvalue weighted by Crippen LogP contribution is -2.07. The number of aromatic nitrogens is 2. The van der Waals surface area contributed by atoms with E-state index in [1.807, 2.05) is 0 Å². The van der Waals surface area contributed by atoms with Crippen molar-refractivity contribution in [3.05, 3.63) is 47.8 Å². The highest BCUT2D eigenvalue weighted by Gasteiger charge is 2.44. The fraction of sp³-hybridized carbons (Fsp3) is 0.286. The van der Waals surface area contributed by atoms with Crippen molar-refractivity contribution in [1.29, 1.82) is 0 Å². The van der Waals surface area contributed by atoms with E-state index in [2.05, 4.69) is 5.10 Å². The van der Waals surface area contributed by atoms with Crippen LogP contribution in [0.5, 0.6) is 0 Å². The van der Waals surface area contributed by atoms with Gasteiger partial charge in [0.25, 0.3) is 0 Å². The van der Waals surface area contributed by atoms with Crippen molar-refractivity contribution in [2.75, 3.05) is 0 Å². The van der Waals surface area contributed by atoms with E-state index < -0.39 is 17.8 Å². The predicted octanol–water partition coefficient (Wildman–Crippen LogP) is 3.08. The maximum Gasteiger partial charge on any atom is 0.435 e. The predicted molar refractivity (Wildman–Crippen MR) is 67.0 cm³/mol. The van der Waals surface area contributed by atoms with E-state index in [0.717, 1.165) is 16.3 Å². The molecule has 1 fully saturated rings. The van der Waals surface area contributed by atoms with Crippen molar-refractivity contribution < 1.29 is 23.1 Å². The molecule has 110 valence electrons. The quantitative estimate of drug-likeness (QED) is 0.947. The van der Waals surface area contributed by atoms with Crippen LogP contribution in [0, 0.1) is 5.92 Å². The third kappa shape index (κ3) is 2.63. The number of carbonyl (C=O) groups is 1. The van der Waals surface area contributed by atoms with Crippen LogP contribution in [0.15, 0.2) is 36.5 Å². The lowest BCUT2D eigenvalue weighted by atomic mass is 10.1. The van der Waals surface area contributed by atoms with Gasteiger partial charge in [-0.25, -0.2) is 4.68 Å². The molecule has 7 heteroatoms. The molecule has 2 atom stereocenters. The van der Waals surface area contributed by atoms with Gasteiger partial charge in [0, 0.05) is 6.20 Å². The first-order valence-electron chi connectivity index (χ1n) is 6.32. The highest BCUT2D eigenvalue weighted by molar-refractivity contribution is 5.75. The molecule has 0 spiro atoms. The fourth-order valence-electron chi connectivity index (χ4n) is 2.33. The molecule has 1 N–H and O–H groups in total. The van der Waals surface area contributed by atoms with Crippen LogP contribution in [0.4, 0.5) is 13.2 Å². The van der Waals surface area contributed by atoms with Crippen LogP contribution in [0.3, 0.4) is 0 Å². The second-order valence-corrected chi connectivity index (χ2v) is 5.02. The van der Waals surface area contributed by atoms with Gasteiger partial charge in [0.05, 0.1) is 11.6 Å². The molecule has 0 saturated heterocycles. The molecule has 3 rings (SSSR count). The zero-order chi connectivity index (χ0) is 15.2. The molecule has 2 aromatic rings. The summed E-state index contributed by atoms with van der Waals surface area (Å²) in [7, 11) is 0. The van der Waals surface area contributed by atoms with Gasteiger partial charge in [-0.05, 0) is 36.1 Å². The molecule has 0 amide bonds. The smallest absolute Gasteiger partial charge is 0.435 e. The number of halogens is 3. The first kappa shape index (κ1) is 13.7. The van der Waals surface area contributed by atoms with Crippen LogP contribution in [0.1, 0.15) is 23.6 Å². The first-order chi connectivity index (χ1) is 9.86. The highest BCUT2D eigenvalue weighted by Crippen LogP contribution is 2.47. The molecule has 0 radical (unpaired) electrons. The van der Waals surface area contributed by atoms with E-state index in [0.29, 0.717) is 12.1 Å². The summed E-state index contributed by atoms with van der Waals surface area (Å²) >= 11 is 0. The van der Waals surface area contributed by atoms with E-state index in [-0.39, 0.29) is 11.8 Å². The average molecular weight is 296 g/mol. The second kappa shape index (κ2) is 4.61. The minimum atomic E-state index is -4.46. The number of alkyl halides is 3. The summed E-state index contributed by atoms with van der Waals surface area (Å²) in [6.45, 7) is 0. The lowest BCUT2D eigenvalue weighted by molar-refractivity contribution is -0.141. The number of aliphatic carboxylic acids is 1. The summed E-state index contributed by atoms with van der Waals surface area (Å²) in [5.41, 5.74) is 0.441. The molecule has 1 heterocycles. The minimum Gasteiger partial charge on any atom is -0.481 e. The maximum atomic E-state index is 12.5. The van der Waals surface area contributed by atoms with Crippen molar-refractivity contribution in [2.45, 2.75) is 18.5 Å². The largest absolute Gasteiger partial charge is 0.481 e. The Morgan fingerprint density at radius 1 is 1.24 bits per heavy atom. The molecule has 1 saturated carbocycles. The second-order valence-electron chi connectivity index (χ2n) is 5.02. The molecule has 1 aromatic heterocycles. The molecule has 21 heavy (non-hydrogen) atoms. The van der Waals surface area contributed by atoms with E-state index >= 15 is 0 Å². The SMILES string of the molecule is O=C(O)C1CC1c1ccc(-n2ccc(C(F)(F)F)n2)cc1. The van der Waals surface area contributed by atoms with Crippen LogP contribution in [0.25, 0.3) is 5.69 Å². The Hall–Kier alpha value is -2.31. The summed E-state index contributed by atoms with van der Waals surface area (Å²) in [4.78, 5) is 10.8. The van der Waals surface area contributed by atoms with E-state index in [9.17, 15) is 18.0 Å². The number of nitrogens with zero attached hydrogens (tertiary/aromatic N) is 2. The number of hydrogen-bond donors (Lipinski definition) is 1. The standard InChI is InChI=1S/C14H11F3N2O2/c15-14(16,17)12-5-6-19(18-12)9-3-1-8(2-4-9)10-7-11(10)13(20)21/h1-6,10-11H,7H2,(H,20,21). The van der Waals surface area contributed by atoms with Crippen LogP contribution in [-0.4, -0.2) is 20.9 Å². The Bertz CT molecular complexity index is 676. The van der Waals surface area contributed by atoms with E-state index in [4.69, 9.17) is 5.11 Å². The molecular formula is C14H11F3N2O2. The average Bonchev–Trinajstić information content (AvgIpc) is 3.06. The number of benzene rings is 1. The summed E-state index contributed by atoms with van der Waals surface area (Å²) in [5.74, 6) is -1.16. The lowest BCUT2D eigenvalue weighted by Gasteiger charge is -2.04. The zero-order valence-corrected chi connectivity index (χ0v) is 10.7. The number of rotatable bonds is 3. The molecule has 1 aromatic carbocycles. The summed E-state index contributed by atoms with van der Waals surface area (Å²) in [5, 5.41) is 12.4. The van der Waals surface area contributed by atoms with Gasteiger partial charge in [0.2, 0.25) is 0 Å². The Balaban J connectivity index is 1.79. The van der Waals surface area contributed by atoms with Crippen LogP contribution in [-0.2, 0) is 11.0 Å². The molecule has 0 bridgehead atoms. The number of hydrogen-bond acceptors (Lipinski definition) is 2. The van der Waals surface area contributed by atoms with Gasteiger partial charge in [-0.2, -0.15) is 18.3 Å². The van der Waals surface area contributed by atoms with Gasteiger partial charge < -0.3 is 5.11 Å². The Kier molecular flexibility index (Phi) is 3.00. The van der Waals surface area contributed by atoms with Crippen LogP contribution in [0.2, 0.25) is 0 Å². The van der Waals surface area contributed by atoms with E-state index in [1.165, 1.54) is 6.20 Å². The van der Waals surface area contributed by atoms with Crippen molar-refractivity contribution in [3.63, 3.8) is 0 Å². The molecule has 2 unspecified atom stereocenters. The van der Waals surface area contributed by atoms with Gasteiger partial charge in [-0.1, -0.05) is 12.1 Å². The van der Waals surface area contributed by atoms with Gasteiger partial charge in [0.15, 0.2) is 5.69 Å². The highest BCUT2D eigenvalue weighted by atomic mass is 19.4. The van der Waals surface area contributed by atoms with Crippen molar-refractivity contribution in [2.24, 2.45) is 5.92 Å². The van der Waals surface area contributed by atoms with E-state index in [1.54, 1.807) is 24.3 Å². The summed E-state index contributed by atoms with van der Waals surface area (Å²) < 4.78 is 38.6. The van der Waals surface area contributed by atoms with Gasteiger partial charge >= 0.3 is 12.1 Å². The monoisotopic (exact) mass is 296 g/mol. The molecule has 1 aliphatic rings. The van der Waals surface area contributed by atoms with Gasteiger partial charge in [0.1, 0.15) is 0 Å². The molecule has 4 nitrogen and oxygen atoms in total. The van der Waals surface area contributed by atoms with Crippen LogP contribution < -0.4 is 0 Å². The van der Waals surface area contributed by atoms with Crippen molar-refractivity contribution in [1.82, 2.24) is 9.78 Å². The molecular weight excluding hydrogens is 285 g/mol. The molecule has 1 aliphatic carbocycles. The first-order valence-corrected chi connectivity index (χ1v) is 6.32.